The zero-order chi connectivity index (χ0) is 12.4. The van der Waals surface area contributed by atoms with E-state index in [0.29, 0.717) is 11.4 Å². The SMILES string of the molecule is C=C(c1ccccc1)n1nnc(C(=O)O)c1C. The summed E-state index contributed by atoms with van der Waals surface area (Å²) in [6.07, 6.45) is 0. The Labute approximate surface area is 98.0 Å². The molecule has 0 saturated heterocycles. The van der Waals surface area contributed by atoms with Crippen molar-refractivity contribution in [3.05, 3.63) is 53.9 Å². The molecule has 86 valence electrons. The summed E-state index contributed by atoms with van der Waals surface area (Å²) in [6.45, 7) is 5.55. The second-order valence-electron chi connectivity index (χ2n) is 3.55. The van der Waals surface area contributed by atoms with Gasteiger partial charge >= 0.3 is 5.97 Å². The summed E-state index contributed by atoms with van der Waals surface area (Å²) in [6, 6.07) is 9.41. The second-order valence-corrected chi connectivity index (χ2v) is 3.55. The molecule has 0 spiro atoms. The smallest absolute Gasteiger partial charge is 0.358 e. The van der Waals surface area contributed by atoms with Crippen LogP contribution in [0.4, 0.5) is 0 Å². The first kappa shape index (κ1) is 11.1. The van der Waals surface area contributed by atoms with Crippen molar-refractivity contribution in [2.45, 2.75) is 6.92 Å². The molecular weight excluding hydrogens is 218 g/mol. The van der Waals surface area contributed by atoms with Crippen LogP contribution in [-0.2, 0) is 0 Å². The molecule has 5 nitrogen and oxygen atoms in total. The maximum atomic E-state index is 10.8. The number of carbonyl (C=O) groups is 1. The average molecular weight is 229 g/mol. The molecule has 1 heterocycles. The van der Waals surface area contributed by atoms with E-state index in [2.05, 4.69) is 16.9 Å². The second kappa shape index (κ2) is 4.21. The summed E-state index contributed by atoms with van der Waals surface area (Å²) < 4.78 is 1.43. The third kappa shape index (κ3) is 1.94. The summed E-state index contributed by atoms with van der Waals surface area (Å²) in [5.41, 5.74) is 1.88. The third-order valence-corrected chi connectivity index (χ3v) is 2.46. The lowest BCUT2D eigenvalue weighted by molar-refractivity contribution is 0.0689. The number of hydrogen-bond acceptors (Lipinski definition) is 3. The fourth-order valence-corrected chi connectivity index (χ4v) is 1.54. The first-order chi connectivity index (χ1) is 8.11. The van der Waals surface area contributed by atoms with E-state index in [9.17, 15) is 4.79 Å². The van der Waals surface area contributed by atoms with Gasteiger partial charge in [-0.15, -0.1) is 5.10 Å². The zero-order valence-electron chi connectivity index (χ0n) is 9.29. The lowest BCUT2D eigenvalue weighted by Crippen LogP contribution is -2.04. The monoisotopic (exact) mass is 229 g/mol. The topological polar surface area (TPSA) is 68.0 Å². The number of carboxylic acid groups (broad SMARTS) is 1. The van der Waals surface area contributed by atoms with Gasteiger partial charge < -0.3 is 5.11 Å². The number of aromatic nitrogens is 3. The molecule has 0 aliphatic rings. The van der Waals surface area contributed by atoms with Crippen LogP contribution < -0.4 is 0 Å². The van der Waals surface area contributed by atoms with Crippen LogP contribution in [0.1, 0.15) is 21.7 Å². The van der Waals surface area contributed by atoms with Crippen molar-refractivity contribution in [2.24, 2.45) is 0 Å². The van der Waals surface area contributed by atoms with Crippen molar-refractivity contribution >= 4 is 11.7 Å². The molecule has 2 rings (SSSR count). The standard InChI is InChI=1S/C12H11N3O2/c1-8(10-6-4-3-5-7-10)15-9(2)11(12(16)17)13-14-15/h3-7H,1H2,2H3,(H,16,17). The Balaban J connectivity index is 2.42. The van der Waals surface area contributed by atoms with Crippen LogP contribution in [0.15, 0.2) is 36.9 Å². The molecule has 0 radical (unpaired) electrons. The maximum absolute atomic E-state index is 10.8. The van der Waals surface area contributed by atoms with Crippen molar-refractivity contribution in [1.29, 1.82) is 0 Å². The van der Waals surface area contributed by atoms with Gasteiger partial charge in [0.05, 0.1) is 11.4 Å². The zero-order valence-corrected chi connectivity index (χ0v) is 9.29. The van der Waals surface area contributed by atoms with Gasteiger partial charge in [0.15, 0.2) is 5.69 Å². The van der Waals surface area contributed by atoms with Crippen LogP contribution in [0.5, 0.6) is 0 Å². The highest BCUT2D eigenvalue weighted by molar-refractivity contribution is 5.86. The molecule has 0 amide bonds. The van der Waals surface area contributed by atoms with E-state index in [4.69, 9.17) is 5.11 Å². The quantitative estimate of drug-likeness (QED) is 0.871. The number of rotatable bonds is 3. The fraction of sp³-hybridized carbons (Fsp3) is 0.0833. The Morgan fingerprint density at radius 1 is 1.35 bits per heavy atom. The minimum atomic E-state index is -1.09. The molecule has 0 fully saturated rings. The molecule has 1 aromatic heterocycles. The molecule has 0 atom stereocenters. The molecular formula is C12H11N3O2. The van der Waals surface area contributed by atoms with Crippen LogP contribution in [0, 0.1) is 6.92 Å². The number of hydrogen-bond donors (Lipinski definition) is 1. The van der Waals surface area contributed by atoms with E-state index in [0.717, 1.165) is 5.56 Å². The van der Waals surface area contributed by atoms with E-state index < -0.39 is 5.97 Å². The lowest BCUT2D eigenvalue weighted by atomic mass is 10.2. The summed E-state index contributed by atoms with van der Waals surface area (Å²) in [4.78, 5) is 10.8. The number of nitrogens with zero attached hydrogens (tertiary/aromatic N) is 3. The lowest BCUT2D eigenvalue weighted by Gasteiger charge is -2.06. The first-order valence-electron chi connectivity index (χ1n) is 5.01. The van der Waals surface area contributed by atoms with Crippen molar-refractivity contribution in [1.82, 2.24) is 15.0 Å². The van der Waals surface area contributed by atoms with Gasteiger partial charge in [0, 0.05) is 0 Å². The Bertz CT molecular complexity index is 573. The maximum Gasteiger partial charge on any atom is 0.358 e. The normalized spacial score (nSPS) is 10.2. The minimum absolute atomic E-state index is 0.0536. The van der Waals surface area contributed by atoms with Gasteiger partial charge in [0.1, 0.15) is 0 Å². The Morgan fingerprint density at radius 3 is 2.53 bits per heavy atom. The predicted molar refractivity (Wildman–Crippen MR) is 62.6 cm³/mol. The highest BCUT2D eigenvalue weighted by Gasteiger charge is 2.16. The molecule has 0 saturated carbocycles. The summed E-state index contributed by atoms with van der Waals surface area (Å²) in [5, 5.41) is 16.3. The minimum Gasteiger partial charge on any atom is -0.476 e. The van der Waals surface area contributed by atoms with E-state index >= 15 is 0 Å². The van der Waals surface area contributed by atoms with Gasteiger partial charge in [-0.1, -0.05) is 42.1 Å². The van der Waals surface area contributed by atoms with Crippen molar-refractivity contribution in [3.8, 4) is 0 Å². The van der Waals surface area contributed by atoms with Gasteiger partial charge in [-0.05, 0) is 12.5 Å². The third-order valence-electron chi connectivity index (χ3n) is 2.46. The van der Waals surface area contributed by atoms with Crippen LogP contribution >= 0.6 is 0 Å². The molecule has 1 aromatic carbocycles. The molecule has 0 unspecified atom stereocenters. The molecule has 17 heavy (non-hydrogen) atoms. The van der Waals surface area contributed by atoms with Crippen molar-refractivity contribution < 1.29 is 9.90 Å². The highest BCUT2D eigenvalue weighted by atomic mass is 16.4. The Morgan fingerprint density at radius 2 is 2.00 bits per heavy atom. The van der Waals surface area contributed by atoms with E-state index in [1.807, 2.05) is 30.3 Å². The van der Waals surface area contributed by atoms with Crippen LogP contribution in [0.3, 0.4) is 0 Å². The van der Waals surface area contributed by atoms with E-state index in [-0.39, 0.29) is 5.69 Å². The highest BCUT2D eigenvalue weighted by Crippen LogP contribution is 2.16. The van der Waals surface area contributed by atoms with E-state index in [1.54, 1.807) is 6.92 Å². The fourth-order valence-electron chi connectivity index (χ4n) is 1.54. The van der Waals surface area contributed by atoms with Gasteiger partial charge in [-0.3, -0.25) is 0 Å². The average Bonchev–Trinajstić information content (AvgIpc) is 2.71. The van der Waals surface area contributed by atoms with Crippen LogP contribution in [0.25, 0.3) is 5.70 Å². The molecule has 1 N–H and O–H groups in total. The summed E-state index contributed by atoms with van der Waals surface area (Å²) >= 11 is 0. The number of carboxylic acids is 1. The molecule has 0 bridgehead atoms. The van der Waals surface area contributed by atoms with Crippen molar-refractivity contribution in [3.63, 3.8) is 0 Å². The van der Waals surface area contributed by atoms with E-state index in [1.165, 1.54) is 4.68 Å². The molecule has 0 aliphatic heterocycles. The van der Waals surface area contributed by atoms with Crippen molar-refractivity contribution in [2.75, 3.05) is 0 Å². The molecule has 2 aromatic rings. The summed E-state index contributed by atoms with van der Waals surface area (Å²) in [7, 11) is 0. The van der Waals surface area contributed by atoms with Gasteiger partial charge in [0.2, 0.25) is 0 Å². The van der Waals surface area contributed by atoms with Gasteiger partial charge in [0.25, 0.3) is 0 Å². The van der Waals surface area contributed by atoms with Crippen LogP contribution in [0.2, 0.25) is 0 Å². The predicted octanol–water partition coefficient (Wildman–Crippen LogP) is 1.80. The largest absolute Gasteiger partial charge is 0.476 e. The number of benzene rings is 1. The Kier molecular flexibility index (Phi) is 2.74. The molecule has 0 aliphatic carbocycles. The van der Waals surface area contributed by atoms with Gasteiger partial charge in [-0.25, -0.2) is 9.48 Å². The van der Waals surface area contributed by atoms with Gasteiger partial charge in [-0.2, -0.15) is 0 Å². The first-order valence-corrected chi connectivity index (χ1v) is 5.01. The summed E-state index contributed by atoms with van der Waals surface area (Å²) in [5.74, 6) is -1.09. The Hall–Kier alpha value is -2.43. The van der Waals surface area contributed by atoms with Crippen LogP contribution in [-0.4, -0.2) is 26.1 Å². The number of aromatic carboxylic acids is 1. The molecule has 5 heteroatoms.